The molecule has 116 valence electrons. The zero-order valence-corrected chi connectivity index (χ0v) is 11.4. The van der Waals surface area contributed by atoms with Crippen molar-refractivity contribution in [2.45, 2.75) is 38.2 Å². The average molecular weight is 301 g/mol. The van der Waals surface area contributed by atoms with Gasteiger partial charge in [0.05, 0.1) is 17.1 Å². The fraction of sp³-hybridized carbons (Fsp3) is 0.571. The minimum absolute atomic E-state index is 0.162. The molecule has 1 atom stereocenters. The predicted molar refractivity (Wildman–Crippen MR) is 71.1 cm³/mol. The van der Waals surface area contributed by atoms with Crippen LogP contribution in [0.25, 0.3) is 0 Å². The van der Waals surface area contributed by atoms with Crippen molar-refractivity contribution in [3.05, 3.63) is 33.9 Å². The van der Waals surface area contributed by atoms with Crippen molar-refractivity contribution >= 4 is 5.69 Å². The van der Waals surface area contributed by atoms with Gasteiger partial charge in [-0.05, 0) is 12.3 Å². The zero-order valence-electron chi connectivity index (χ0n) is 11.4. The number of rotatable bonds is 6. The van der Waals surface area contributed by atoms with Crippen LogP contribution in [0.15, 0.2) is 12.1 Å². The molecule has 1 fully saturated rings. The molecule has 0 heterocycles. The van der Waals surface area contributed by atoms with Gasteiger partial charge >= 0.3 is 5.69 Å². The first kappa shape index (κ1) is 15.6. The molecule has 1 unspecified atom stereocenters. The minimum Gasteiger partial charge on any atom is -0.488 e. The Morgan fingerprint density at radius 1 is 1.33 bits per heavy atom. The molecule has 0 aliphatic heterocycles. The first-order chi connectivity index (χ1) is 9.97. The monoisotopic (exact) mass is 301 g/mol. The minimum atomic E-state index is -1.17. The normalized spacial score (nSPS) is 16.9. The molecule has 0 bridgehead atoms. The third-order valence-electron chi connectivity index (χ3n) is 3.71. The highest BCUT2D eigenvalue weighted by molar-refractivity contribution is 5.39. The Hall–Kier alpha value is -1.76. The Labute approximate surface area is 120 Å². The van der Waals surface area contributed by atoms with Gasteiger partial charge in [0.15, 0.2) is 11.6 Å². The molecule has 5 nitrogen and oxygen atoms in total. The lowest BCUT2D eigenvalue weighted by molar-refractivity contribution is -0.387. The third kappa shape index (κ3) is 4.10. The molecule has 1 aliphatic carbocycles. The van der Waals surface area contributed by atoms with Crippen LogP contribution in [0.4, 0.5) is 14.5 Å². The first-order valence-electron chi connectivity index (χ1n) is 6.91. The van der Waals surface area contributed by atoms with Crippen LogP contribution in [-0.2, 0) is 0 Å². The van der Waals surface area contributed by atoms with E-state index in [-0.39, 0.29) is 6.61 Å². The number of nitro benzene ring substituents is 1. The van der Waals surface area contributed by atoms with E-state index in [9.17, 15) is 24.0 Å². The maximum atomic E-state index is 13.6. The topological polar surface area (TPSA) is 72.6 Å². The highest BCUT2D eigenvalue weighted by atomic mass is 19.1. The van der Waals surface area contributed by atoms with Crippen molar-refractivity contribution in [3.8, 4) is 5.75 Å². The highest BCUT2D eigenvalue weighted by Gasteiger charge is 2.22. The van der Waals surface area contributed by atoms with Gasteiger partial charge in [0, 0.05) is 6.07 Å². The largest absolute Gasteiger partial charge is 0.488 e. The number of halogens is 2. The Kier molecular flexibility index (Phi) is 5.06. The van der Waals surface area contributed by atoms with Crippen molar-refractivity contribution in [1.82, 2.24) is 0 Å². The van der Waals surface area contributed by atoms with Crippen molar-refractivity contribution in [2.24, 2.45) is 5.92 Å². The number of hydrogen-bond acceptors (Lipinski definition) is 4. The van der Waals surface area contributed by atoms with Crippen molar-refractivity contribution in [3.63, 3.8) is 0 Å². The molecule has 0 amide bonds. The van der Waals surface area contributed by atoms with Crippen LogP contribution in [0.1, 0.15) is 32.1 Å². The number of aliphatic hydroxyl groups is 1. The molecule has 1 N–H and O–H groups in total. The number of hydrogen-bond donors (Lipinski definition) is 1. The molecule has 1 aromatic carbocycles. The van der Waals surface area contributed by atoms with Gasteiger partial charge < -0.3 is 9.84 Å². The fourth-order valence-electron chi connectivity index (χ4n) is 2.65. The number of benzene rings is 1. The van der Waals surface area contributed by atoms with Crippen molar-refractivity contribution < 1.29 is 23.5 Å². The van der Waals surface area contributed by atoms with Crippen LogP contribution in [0.2, 0.25) is 0 Å². The molecule has 1 aromatic rings. The molecule has 21 heavy (non-hydrogen) atoms. The van der Waals surface area contributed by atoms with E-state index in [1.54, 1.807) is 0 Å². The van der Waals surface area contributed by atoms with Crippen molar-refractivity contribution in [2.75, 3.05) is 6.61 Å². The lowest BCUT2D eigenvalue weighted by Gasteiger charge is -2.16. The molecule has 7 heteroatoms. The van der Waals surface area contributed by atoms with E-state index >= 15 is 0 Å². The molecule has 2 rings (SSSR count). The quantitative estimate of drug-likeness (QED) is 0.647. The van der Waals surface area contributed by atoms with Gasteiger partial charge in [-0.3, -0.25) is 10.1 Å². The second kappa shape index (κ2) is 6.80. The fourth-order valence-corrected chi connectivity index (χ4v) is 2.65. The summed E-state index contributed by atoms with van der Waals surface area (Å²) in [7, 11) is 0. The molecule has 1 aliphatic rings. The number of nitro groups is 1. The van der Waals surface area contributed by atoms with Crippen LogP contribution in [0.5, 0.6) is 5.75 Å². The number of nitrogens with zero attached hydrogens (tertiary/aromatic N) is 1. The van der Waals surface area contributed by atoms with Crippen LogP contribution < -0.4 is 4.74 Å². The Balaban J connectivity index is 1.93. The SMILES string of the molecule is O=[N+]([O-])c1cc(F)c(OCC(O)CC2CCCC2)cc1F. The van der Waals surface area contributed by atoms with Crippen LogP contribution in [0, 0.1) is 27.7 Å². The van der Waals surface area contributed by atoms with E-state index in [1.165, 1.54) is 0 Å². The summed E-state index contributed by atoms with van der Waals surface area (Å²) in [5, 5.41) is 20.3. The summed E-state index contributed by atoms with van der Waals surface area (Å²) in [6, 6.07) is 1.11. The second-order valence-corrected chi connectivity index (χ2v) is 5.34. The smallest absolute Gasteiger partial charge is 0.307 e. The second-order valence-electron chi connectivity index (χ2n) is 5.34. The van der Waals surface area contributed by atoms with Gasteiger partial charge in [0.2, 0.25) is 5.82 Å². The van der Waals surface area contributed by atoms with E-state index in [1.807, 2.05) is 0 Å². The van der Waals surface area contributed by atoms with Crippen LogP contribution in [-0.4, -0.2) is 22.7 Å². The summed E-state index contributed by atoms with van der Waals surface area (Å²) in [5.74, 6) is -2.16. The molecular weight excluding hydrogens is 284 g/mol. The summed E-state index contributed by atoms with van der Waals surface area (Å²) in [6.07, 6.45) is 4.25. The maximum Gasteiger partial charge on any atom is 0.307 e. The van der Waals surface area contributed by atoms with E-state index < -0.39 is 34.1 Å². The Bertz CT molecular complexity index is 518. The van der Waals surface area contributed by atoms with Gasteiger partial charge in [-0.1, -0.05) is 25.7 Å². The molecule has 0 aromatic heterocycles. The Morgan fingerprint density at radius 3 is 2.62 bits per heavy atom. The molecule has 0 radical (unpaired) electrons. The molecule has 1 saturated carbocycles. The summed E-state index contributed by atoms with van der Waals surface area (Å²) in [4.78, 5) is 9.46. The molecule has 0 saturated heterocycles. The highest BCUT2D eigenvalue weighted by Crippen LogP contribution is 2.29. The van der Waals surface area contributed by atoms with Gasteiger partial charge in [-0.2, -0.15) is 4.39 Å². The molecular formula is C14H17F2NO4. The molecule has 0 spiro atoms. The van der Waals surface area contributed by atoms with Gasteiger partial charge in [0.1, 0.15) is 6.61 Å². The van der Waals surface area contributed by atoms with Crippen LogP contribution >= 0.6 is 0 Å². The van der Waals surface area contributed by atoms with E-state index in [4.69, 9.17) is 4.74 Å². The van der Waals surface area contributed by atoms with Gasteiger partial charge in [-0.25, -0.2) is 4.39 Å². The lowest BCUT2D eigenvalue weighted by atomic mass is 10.0. The van der Waals surface area contributed by atoms with Crippen LogP contribution in [0.3, 0.4) is 0 Å². The van der Waals surface area contributed by atoms with E-state index in [0.717, 1.165) is 25.7 Å². The predicted octanol–water partition coefficient (Wildman–Crippen LogP) is 3.19. The average Bonchev–Trinajstić information content (AvgIpc) is 2.91. The number of ether oxygens (including phenoxy) is 1. The van der Waals surface area contributed by atoms with E-state index in [0.29, 0.717) is 24.5 Å². The number of aliphatic hydroxyl groups excluding tert-OH is 1. The maximum absolute atomic E-state index is 13.6. The standard InChI is InChI=1S/C14H17F2NO4/c15-11-7-14(12(16)6-13(11)17(19)20)21-8-10(18)5-9-3-1-2-4-9/h6-7,9-10,18H,1-5,8H2. The summed E-state index contributed by atoms with van der Waals surface area (Å²) in [6.45, 7) is -0.162. The first-order valence-corrected chi connectivity index (χ1v) is 6.91. The summed E-state index contributed by atoms with van der Waals surface area (Å²) in [5.41, 5.74) is -0.939. The third-order valence-corrected chi connectivity index (χ3v) is 3.71. The van der Waals surface area contributed by atoms with Gasteiger partial charge in [-0.15, -0.1) is 0 Å². The summed E-state index contributed by atoms with van der Waals surface area (Å²) < 4.78 is 32.0. The summed E-state index contributed by atoms with van der Waals surface area (Å²) >= 11 is 0. The Morgan fingerprint density at radius 2 is 2.00 bits per heavy atom. The van der Waals surface area contributed by atoms with Gasteiger partial charge in [0.25, 0.3) is 0 Å². The van der Waals surface area contributed by atoms with Crippen molar-refractivity contribution in [1.29, 1.82) is 0 Å². The zero-order chi connectivity index (χ0) is 15.4. The lowest BCUT2D eigenvalue weighted by Crippen LogP contribution is -2.20. The van der Waals surface area contributed by atoms with E-state index in [2.05, 4.69) is 0 Å².